The van der Waals surface area contributed by atoms with Crippen LogP contribution in [0.5, 0.6) is 0 Å². The predicted octanol–water partition coefficient (Wildman–Crippen LogP) is 0.584. The van der Waals surface area contributed by atoms with Crippen LogP contribution in [0.3, 0.4) is 0 Å². The number of rotatable bonds is 3. The molecule has 0 spiro atoms. The van der Waals surface area contributed by atoms with Gasteiger partial charge in [-0.15, -0.1) is 0 Å². The highest BCUT2D eigenvalue weighted by atomic mass is 32.2. The molecule has 1 aliphatic heterocycles. The molecule has 1 fully saturated rings. The van der Waals surface area contributed by atoms with Gasteiger partial charge < -0.3 is 5.32 Å². The van der Waals surface area contributed by atoms with Crippen LogP contribution in [0.15, 0.2) is 23.6 Å². The summed E-state index contributed by atoms with van der Waals surface area (Å²) in [6.07, 6.45) is 7.02. The van der Waals surface area contributed by atoms with Gasteiger partial charge in [-0.2, -0.15) is 0 Å². The molecule has 2 heterocycles. The average Bonchev–Trinajstić information content (AvgIpc) is 2.31. The predicted molar refractivity (Wildman–Crippen MR) is 58.9 cm³/mol. The van der Waals surface area contributed by atoms with E-state index in [9.17, 15) is 4.21 Å². The number of hydrogen-bond acceptors (Lipinski definition) is 4. The molecule has 2 rings (SSSR count). The van der Waals surface area contributed by atoms with E-state index in [1.165, 1.54) is 0 Å². The molecule has 5 heteroatoms. The molecule has 1 aromatic heterocycles. The van der Waals surface area contributed by atoms with Crippen LogP contribution < -0.4 is 5.32 Å². The first-order valence-electron chi connectivity index (χ1n) is 5.21. The van der Waals surface area contributed by atoms with Gasteiger partial charge in [-0.1, -0.05) is 0 Å². The summed E-state index contributed by atoms with van der Waals surface area (Å²) in [5.74, 6) is 1.29. The Bertz CT molecular complexity index is 325. The zero-order valence-corrected chi connectivity index (χ0v) is 9.37. The topological polar surface area (TPSA) is 54.9 Å². The first-order valence-corrected chi connectivity index (χ1v) is 6.53. The highest BCUT2D eigenvalue weighted by Crippen LogP contribution is 2.15. The SMILES string of the molecule is O=[S@](CC1CCNCC1)c1cnccn1. The molecule has 4 nitrogen and oxygen atoms in total. The molecule has 0 bridgehead atoms. The van der Waals surface area contributed by atoms with Crippen molar-refractivity contribution in [2.75, 3.05) is 18.8 Å². The van der Waals surface area contributed by atoms with Crippen LogP contribution >= 0.6 is 0 Å². The van der Waals surface area contributed by atoms with Gasteiger partial charge in [0.2, 0.25) is 0 Å². The Hall–Kier alpha value is -0.810. The highest BCUT2D eigenvalue weighted by molar-refractivity contribution is 7.84. The quantitative estimate of drug-likeness (QED) is 0.817. The molecule has 1 N–H and O–H groups in total. The van der Waals surface area contributed by atoms with Gasteiger partial charge in [-0.3, -0.25) is 9.19 Å². The van der Waals surface area contributed by atoms with Crippen LogP contribution in [-0.2, 0) is 10.8 Å². The third-order valence-corrected chi connectivity index (χ3v) is 4.07. The minimum atomic E-state index is -0.982. The summed E-state index contributed by atoms with van der Waals surface area (Å²) in [5.41, 5.74) is 0. The lowest BCUT2D eigenvalue weighted by atomic mass is 10.0. The fourth-order valence-corrected chi connectivity index (χ4v) is 3.04. The van der Waals surface area contributed by atoms with Crippen molar-refractivity contribution in [3.63, 3.8) is 0 Å². The molecule has 15 heavy (non-hydrogen) atoms. The Morgan fingerprint density at radius 3 is 2.87 bits per heavy atom. The fraction of sp³-hybridized carbons (Fsp3) is 0.600. The van der Waals surface area contributed by atoms with Gasteiger partial charge in [-0.25, -0.2) is 4.98 Å². The molecule has 82 valence electrons. The van der Waals surface area contributed by atoms with E-state index >= 15 is 0 Å². The molecule has 1 saturated heterocycles. The minimum Gasteiger partial charge on any atom is -0.317 e. The lowest BCUT2D eigenvalue weighted by Gasteiger charge is -2.21. The minimum absolute atomic E-state index is 0.564. The second kappa shape index (κ2) is 5.32. The van der Waals surface area contributed by atoms with Crippen LogP contribution in [0.2, 0.25) is 0 Å². The Balaban J connectivity index is 1.91. The molecule has 1 atom stereocenters. The average molecular weight is 225 g/mol. The Morgan fingerprint density at radius 1 is 1.40 bits per heavy atom. The number of piperidine rings is 1. The second-order valence-corrected chi connectivity index (χ2v) is 5.19. The van der Waals surface area contributed by atoms with Crippen LogP contribution in [0.25, 0.3) is 0 Å². The fourth-order valence-electron chi connectivity index (χ4n) is 1.75. The first kappa shape index (κ1) is 10.7. The second-order valence-electron chi connectivity index (χ2n) is 3.75. The van der Waals surface area contributed by atoms with Gasteiger partial charge in [0.25, 0.3) is 0 Å². The van der Waals surface area contributed by atoms with Gasteiger partial charge in [0.05, 0.1) is 17.0 Å². The first-order chi connectivity index (χ1) is 7.36. The van der Waals surface area contributed by atoms with Crippen molar-refractivity contribution in [3.8, 4) is 0 Å². The summed E-state index contributed by atoms with van der Waals surface area (Å²) in [6, 6.07) is 0. The van der Waals surface area contributed by atoms with Gasteiger partial charge >= 0.3 is 0 Å². The third kappa shape index (κ3) is 3.07. The molecule has 0 radical (unpaired) electrons. The zero-order chi connectivity index (χ0) is 10.5. The van der Waals surface area contributed by atoms with Crippen molar-refractivity contribution in [3.05, 3.63) is 18.6 Å². The van der Waals surface area contributed by atoms with Crippen LogP contribution in [0, 0.1) is 5.92 Å². The van der Waals surface area contributed by atoms with Crippen molar-refractivity contribution in [2.24, 2.45) is 5.92 Å². The molecule has 0 amide bonds. The van der Waals surface area contributed by atoms with E-state index in [2.05, 4.69) is 15.3 Å². The van der Waals surface area contributed by atoms with Gasteiger partial charge in [0.15, 0.2) is 0 Å². The smallest absolute Gasteiger partial charge is 0.145 e. The van der Waals surface area contributed by atoms with E-state index in [0.29, 0.717) is 10.9 Å². The summed E-state index contributed by atoms with van der Waals surface area (Å²) in [5, 5.41) is 3.91. The zero-order valence-electron chi connectivity index (χ0n) is 8.56. The monoisotopic (exact) mass is 225 g/mol. The summed E-state index contributed by atoms with van der Waals surface area (Å²) in [6.45, 7) is 2.09. The molecule has 1 aromatic rings. The van der Waals surface area contributed by atoms with Crippen molar-refractivity contribution >= 4 is 10.8 Å². The molecular weight excluding hydrogens is 210 g/mol. The van der Waals surface area contributed by atoms with Crippen LogP contribution in [-0.4, -0.2) is 33.0 Å². The van der Waals surface area contributed by atoms with E-state index in [0.717, 1.165) is 31.7 Å². The van der Waals surface area contributed by atoms with E-state index in [1.54, 1.807) is 18.6 Å². The van der Waals surface area contributed by atoms with Crippen molar-refractivity contribution in [2.45, 2.75) is 17.9 Å². The van der Waals surface area contributed by atoms with Crippen molar-refractivity contribution < 1.29 is 4.21 Å². The van der Waals surface area contributed by atoms with Gasteiger partial charge in [0, 0.05) is 18.1 Å². The van der Waals surface area contributed by atoms with Crippen molar-refractivity contribution in [1.29, 1.82) is 0 Å². The summed E-state index contributed by atoms with van der Waals surface area (Å²) in [4.78, 5) is 8.00. The van der Waals surface area contributed by atoms with E-state index < -0.39 is 10.8 Å². The molecular formula is C10H15N3OS. The molecule has 1 aliphatic rings. The standard InChI is InChI=1S/C10H15N3OS/c14-15(10-7-12-5-6-13-10)8-9-1-3-11-4-2-9/h5-7,9,11H,1-4,8H2/t15-/m1/s1. The Kier molecular flexibility index (Phi) is 3.80. The summed E-state index contributed by atoms with van der Waals surface area (Å²) >= 11 is 0. The lowest BCUT2D eigenvalue weighted by molar-refractivity contribution is 0.405. The van der Waals surface area contributed by atoms with Crippen molar-refractivity contribution in [1.82, 2.24) is 15.3 Å². The molecule has 0 saturated carbocycles. The van der Waals surface area contributed by atoms with Gasteiger partial charge in [-0.05, 0) is 31.8 Å². The molecule has 0 aromatic carbocycles. The van der Waals surface area contributed by atoms with Crippen LogP contribution in [0.4, 0.5) is 0 Å². The Labute approximate surface area is 92.0 Å². The van der Waals surface area contributed by atoms with Gasteiger partial charge in [0.1, 0.15) is 5.03 Å². The summed E-state index contributed by atoms with van der Waals surface area (Å²) in [7, 11) is -0.982. The van der Waals surface area contributed by atoms with E-state index in [-0.39, 0.29) is 0 Å². The number of aromatic nitrogens is 2. The summed E-state index contributed by atoms with van der Waals surface area (Å²) < 4.78 is 11.9. The van der Waals surface area contributed by atoms with E-state index in [1.807, 2.05) is 0 Å². The van der Waals surface area contributed by atoms with Crippen LogP contribution in [0.1, 0.15) is 12.8 Å². The Morgan fingerprint density at radius 2 is 2.20 bits per heavy atom. The lowest BCUT2D eigenvalue weighted by Crippen LogP contribution is -2.30. The van der Waals surface area contributed by atoms with E-state index in [4.69, 9.17) is 0 Å². The maximum Gasteiger partial charge on any atom is 0.145 e. The maximum absolute atomic E-state index is 11.9. The molecule has 0 unspecified atom stereocenters. The number of nitrogens with zero attached hydrogens (tertiary/aromatic N) is 2. The highest BCUT2D eigenvalue weighted by Gasteiger charge is 2.17. The third-order valence-electron chi connectivity index (χ3n) is 2.62. The molecule has 0 aliphatic carbocycles. The largest absolute Gasteiger partial charge is 0.317 e. The maximum atomic E-state index is 11.9. The number of nitrogens with one attached hydrogen (secondary N) is 1. The normalized spacial score (nSPS) is 20.0. The number of hydrogen-bond donors (Lipinski definition) is 1.